The molecule has 1 aromatic heterocycles. The fourth-order valence-corrected chi connectivity index (χ4v) is 1.26. The third kappa shape index (κ3) is 1.93. The summed E-state index contributed by atoms with van der Waals surface area (Å²) in [5.41, 5.74) is 5.91. The molecule has 5 nitrogen and oxygen atoms in total. The predicted octanol–water partition coefficient (Wildman–Crippen LogP) is 0.689. The van der Waals surface area contributed by atoms with Crippen molar-refractivity contribution in [3.05, 3.63) is 22.2 Å². The maximum Gasteiger partial charge on any atom is 0.351 e. The Labute approximate surface area is 82.5 Å². The molecular weight excluding hydrogens is 182 g/mol. The third-order valence-corrected chi connectivity index (χ3v) is 2.11. The van der Waals surface area contributed by atoms with E-state index in [-0.39, 0.29) is 17.7 Å². The first-order valence-electron chi connectivity index (χ1n) is 4.48. The zero-order valence-corrected chi connectivity index (χ0v) is 8.65. The molecule has 0 amide bonds. The van der Waals surface area contributed by atoms with Crippen molar-refractivity contribution in [2.24, 2.45) is 0 Å². The normalized spacial score (nSPS) is 12.8. The highest BCUT2D eigenvalue weighted by molar-refractivity contribution is 5.35. The Morgan fingerprint density at radius 1 is 1.71 bits per heavy atom. The van der Waals surface area contributed by atoms with E-state index in [9.17, 15) is 4.79 Å². The summed E-state index contributed by atoms with van der Waals surface area (Å²) in [6.45, 7) is 3.74. The minimum absolute atomic E-state index is 0.269. The van der Waals surface area contributed by atoms with Crippen LogP contribution in [0.15, 0.2) is 11.0 Å². The van der Waals surface area contributed by atoms with Gasteiger partial charge in [0, 0.05) is 18.9 Å². The Morgan fingerprint density at radius 3 is 2.86 bits per heavy atom. The second kappa shape index (κ2) is 4.23. The van der Waals surface area contributed by atoms with E-state index in [0.29, 0.717) is 6.42 Å². The number of aromatic nitrogens is 2. The molecule has 0 bridgehead atoms. The van der Waals surface area contributed by atoms with E-state index in [1.54, 1.807) is 20.2 Å². The molecule has 0 aliphatic carbocycles. The summed E-state index contributed by atoms with van der Waals surface area (Å²) in [4.78, 5) is 15.1. The molecule has 0 saturated heterocycles. The number of nitrogen functional groups attached to an aromatic ring is 1. The SMILES string of the molecule is CCC(OC)n1cc(C)c(N)nc1=O. The van der Waals surface area contributed by atoms with Crippen molar-refractivity contribution in [1.82, 2.24) is 9.55 Å². The second-order valence-electron chi connectivity index (χ2n) is 3.10. The molecule has 1 unspecified atom stereocenters. The topological polar surface area (TPSA) is 70.1 Å². The van der Waals surface area contributed by atoms with Crippen LogP contribution >= 0.6 is 0 Å². The lowest BCUT2D eigenvalue weighted by Crippen LogP contribution is -2.28. The Hall–Kier alpha value is -1.36. The van der Waals surface area contributed by atoms with Gasteiger partial charge in [-0.15, -0.1) is 0 Å². The van der Waals surface area contributed by atoms with Crippen LogP contribution < -0.4 is 11.4 Å². The monoisotopic (exact) mass is 197 g/mol. The first-order valence-corrected chi connectivity index (χ1v) is 4.48. The first kappa shape index (κ1) is 10.7. The highest BCUT2D eigenvalue weighted by Gasteiger charge is 2.10. The molecule has 1 atom stereocenters. The molecule has 0 aliphatic rings. The van der Waals surface area contributed by atoms with E-state index in [4.69, 9.17) is 10.5 Å². The summed E-state index contributed by atoms with van der Waals surface area (Å²) in [5.74, 6) is 0.275. The fraction of sp³-hybridized carbons (Fsp3) is 0.556. The molecule has 5 heteroatoms. The summed E-state index contributed by atoms with van der Waals surface area (Å²) in [5, 5.41) is 0. The van der Waals surface area contributed by atoms with Crippen LogP contribution in [-0.4, -0.2) is 16.7 Å². The molecule has 14 heavy (non-hydrogen) atoms. The number of anilines is 1. The molecule has 0 saturated carbocycles. The van der Waals surface area contributed by atoms with E-state index >= 15 is 0 Å². The molecule has 0 spiro atoms. The highest BCUT2D eigenvalue weighted by Crippen LogP contribution is 2.11. The first-order chi connectivity index (χ1) is 6.60. The minimum atomic E-state index is -0.373. The molecule has 1 aromatic rings. The second-order valence-corrected chi connectivity index (χ2v) is 3.10. The largest absolute Gasteiger partial charge is 0.383 e. The molecule has 2 N–H and O–H groups in total. The number of hydrogen-bond acceptors (Lipinski definition) is 4. The molecule has 78 valence electrons. The zero-order valence-electron chi connectivity index (χ0n) is 8.65. The quantitative estimate of drug-likeness (QED) is 0.773. The van der Waals surface area contributed by atoms with Gasteiger partial charge in [0.2, 0.25) is 0 Å². The highest BCUT2D eigenvalue weighted by atomic mass is 16.5. The number of nitrogens with zero attached hydrogens (tertiary/aromatic N) is 2. The van der Waals surface area contributed by atoms with Gasteiger partial charge in [-0.1, -0.05) is 6.92 Å². The van der Waals surface area contributed by atoms with E-state index in [2.05, 4.69) is 4.98 Å². The van der Waals surface area contributed by atoms with Gasteiger partial charge in [-0.05, 0) is 13.3 Å². The fourth-order valence-electron chi connectivity index (χ4n) is 1.26. The molecule has 0 radical (unpaired) electrons. The number of methoxy groups -OCH3 is 1. The maximum atomic E-state index is 11.4. The van der Waals surface area contributed by atoms with Gasteiger partial charge in [-0.25, -0.2) is 4.79 Å². The van der Waals surface area contributed by atoms with Crippen molar-refractivity contribution in [3.8, 4) is 0 Å². The van der Waals surface area contributed by atoms with Crippen LogP contribution in [0.5, 0.6) is 0 Å². The third-order valence-electron chi connectivity index (χ3n) is 2.11. The number of aryl methyl sites for hydroxylation is 1. The predicted molar refractivity (Wildman–Crippen MR) is 54.0 cm³/mol. The van der Waals surface area contributed by atoms with Gasteiger partial charge in [0.15, 0.2) is 0 Å². The smallest absolute Gasteiger partial charge is 0.351 e. The molecular formula is C9H15N3O2. The molecule has 0 fully saturated rings. The van der Waals surface area contributed by atoms with Gasteiger partial charge in [0.05, 0.1) is 0 Å². The van der Waals surface area contributed by atoms with Crippen molar-refractivity contribution in [1.29, 1.82) is 0 Å². The number of rotatable bonds is 3. The summed E-state index contributed by atoms with van der Waals surface area (Å²) >= 11 is 0. The van der Waals surface area contributed by atoms with Crippen molar-refractivity contribution < 1.29 is 4.74 Å². The standard InChI is InChI=1S/C9H15N3O2/c1-4-7(14-3)12-5-6(2)8(10)11-9(12)13/h5,7H,4H2,1-3H3,(H2,10,11,13). The summed E-state index contributed by atoms with van der Waals surface area (Å²) < 4.78 is 6.59. The Morgan fingerprint density at radius 2 is 2.36 bits per heavy atom. The van der Waals surface area contributed by atoms with E-state index < -0.39 is 0 Å². The lowest BCUT2D eigenvalue weighted by molar-refractivity contribution is 0.0370. The van der Waals surface area contributed by atoms with Crippen LogP contribution in [0.1, 0.15) is 25.1 Å². The van der Waals surface area contributed by atoms with Gasteiger partial charge >= 0.3 is 5.69 Å². The zero-order chi connectivity index (χ0) is 10.7. The Bertz CT molecular complexity index is 369. The van der Waals surface area contributed by atoms with Gasteiger partial charge in [-0.2, -0.15) is 4.98 Å². The molecule has 1 heterocycles. The van der Waals surface area contributed by atoms with Gasteiger partial charge in [0.25, 0.3) is 0 Å². The summed E-state index contributed by atoms with van der Waals surface area (Å²) in [6, 6.07) is 0. The van der Waals surface area contributed by atoms with Crippen molar-refractivity contribution in [2.75, 3.05) is 12.8 Å². The van der Waals surface area contributed by atoms with E-state index in [1.165, 1.54) is 4.57 Å². The maximum absolute atomic E-state index is 11.4. The molecule has 1 rings (SSSR count). The minimum Gasteiger partial charge on any atom is -0.383 e. The van der Waals surface area contributed by atoms with Crippen LogP contribution in [0.2, 0.25) is 0 Å². The lowest BCUT2D eigenvalue weighted by Gasteiger charge is -2.16. The van der Waals surface area contributed by atoms with Crippen molar-refractivity contribution in [3.63, 3.8) is 0 Å². The molecule has 0 aromatic carbocycles. The van der Waals surface area contributed by atoms with E-state index in [1.807, 2.05) is 6.92 Å². The van der Waals surface area contributed by atoms with Crippen LogP contribution in [0.25, 0.3) is 0 Å². The summed E-state index contributed by atoms with van der Waals surface area (Å²) in [7, 11) is 1.56. The average molecular weight is 197 g/mol. The van der Waals surface area contributed by atoms with Crippen LogP contribution in [0.4, 0.5) is 5.82 Å². The van der Waals surface area contributed by atoms with Crippen molar-refractivity contribution in [2.45, 2.75) is 26.5 Å². The van der Waals surface area contributed by atoms with Crippen molar-refractivity contribution >= 4 is 5.82 Å². The van der Waals surface area contributed by atoms with Gasteiger partial charge in [-0.3, -0.25) is 4.57 Å². The van der Waals surface area contributed by atoms with Crippen LogP contribution in [0.3, 0.4) is 0 Å². The molecule has 0 aliphatic heterocycles. The average Bonchev–Trinajstić information content (AvgIpc) is 2.15. The number of ether oxygens (including phenoxy) is 1. The lowest BCUT2D eigenvalue weighted by atomic mass is 10.3. The van der Waals surface area contributed by atoms with Crippen LogP contribution in [-0.2, 0) is 4.74 Å². The number of nitrogens with two attached hydrogens (primary N) is 1. The van der Waals surface area contributed by atoms with Crippen LogP contribution in [0, 0.1) is 6.92 Å². The Kier molecular flexibility index (Phi) is 3.24. The van der Waals surface area contributed by atoms with Gasteiger partial charge < -0.3 is 10.5 Å². The Balaban J connectivity index is 3.21. The van der Waals surface area contributed by atoms with Gasteiger partial charge in [0.1, 0.15) is 12.0 Å². The summed E-state index contributed by atoms with van der Waals surface area (Å²) in [6.07, 6.45) is 2.11. The van der Waals surface area contributed by atoms with E-state index in [0.717, 1.165) is 5.56 Å². The number of hydrogen-bond donors (Lipinski definition) is 1.